The Labute approximate surface area is 107 Å². The molecule has 0 saturated heterocycles. The molecule has 3 nitrogen and oxygen atoms in total. The van der Waals surface area contributed by atoms with Crippen LogP contribution in [0.2, 0.25) is 0 Å². The lowest BCUT2D eigenvalue weighted by Crippen LogP contribution is -2.35. The van der Waals surface area contributed by atoms with E-state index in [1.165, 1.54) is 5.56 Å². The lowest BCUT2D eigenvalue weighted by Gasteiger charge is -2.27. The molecule has 1 heterocycles. The Morgan fingerprint density at radius 1 is 0.889 bits per heavy atom. The van der Waals surface area contributed by atoms with E-state index >= 15 is 0 Å². The molecule has 3 heteroatoms. The van der Waals surface area contributed by atoms with Crippen molar-refractivity contribution in [1.29, 1.82) is 0 Å². The maximum absolute atomic E-state index is 5.90. The largest absolute Gasteiger partial charge is 0.384 e. The van der Waals surface area contributed by atoms with E-state index in [1.54, 1.807) is 0 Å². The number of rotatable bonds is 2. The molecule has 0 aliphatic carbocycles. The molecule has 90 valence electrons. The van der Waals surface area contributed by atoms with Gasteiger partial charge >= 0.3 is 0 Å². The van der Waals surface area contributed by atoms with Gasteiger partial charge in [-0.25, -0.2) is 0 Å². The second-order valence-electron chi connectivity index (χ2n) is 4.29. The summed E-state index contributed by atoms with van der Waals surface area (Å²) in [5.41, 5.74) is 11.4. The van der Waals surface area contributed by atoms with Gasteiger partial charge in [0.15, 0.2) is 0 Å². The SMILES string of the molecule is NC1=CC(c2ccccc2)N(c2ccccc2)N1. The molecular weight excluding hydrogens is 222 g/mol. The molecule has 0 radical (unpaired) electrons. The van der Waals surface area contributed by atoms with Crippen molar-refractivity contribution < 1.29 is 0 Å². The third-order valence-electron chi connectivity index (χ3n) is 3.04. The molecule has 3 N–H and O–H groups in total. The van der Waals surface area contributed by atoms with Crippen LogP contribution in [0.3, 0.4) is 0 Å². The molecule has 1 unspecified atom stereocenters. The van der Waals surface area contributed by atoms with E-state index in [-0.39, 0.29) is 6.04 Å². The van der Waals surface area contributed by atoms with Gasteiger partial charge in [0.05, 0.1) is 11.7 Å². The van der Waals surface area contributed by atoms with E-state index in [2.05, 4.69) is 34.7 Å². The van der Waals surface area contributed by atoms with E-state index in [1.807, 2.05) is 42.5 Å². The first-order valence-corrected chi connectivity index (χ1v) is 5.98. The van der Waals surface area contributed by atoms with E-state index < -0.39 is 0 Å². The Balaban J connectivity index is 1.97. The van der Waals surface area contributed by atoms with Gasteiger partial charge in [-0.3, -0.25) is 10.4 Å². The summed E-state index contributed by atoms with van der Waals surface area (Å²) in [6.45, 7) is 0. The highest BCUT2D eigenvalue weighted by Gasteiger charge is 2.24. The third-order valence-corrected chi connectivity index (χ3v) is 3.04. The average molecular weight is 237 g/mol. The summed E-state index contributed by atoms with van der Waals surface area (Å²) >= 11 is 0. The number of benzene rings is 2. The number of hydrogen-bond donors (Lipinski definition) is 2. The van der Waals surface area contributed by atoms with Gasteiger partial charge in [0, 0.05) is 0 Å². The highest BCUT2D eigenvalue weighted by atomic mass is 15.6. The molecule has 0 bridgehead atoms. The maximum Gasteiger partial charge on any atom is 0.113 e. The smallest absolute Gasteiger partial charge is 0.113 e. The topological polar surface area (TPSA) is 41.3 Å². The number of para-hydroxylation sites is 1. The molecule has 0 fully saturated rings. The van der Waals surface area contributed by atoms with Gasteiger partial charge in [-0.05, 0) is 23.8 Å². The standard InChI is InChI=1S/C15H15N3/c16-15-11-14(12-7-3-1-4-8-12)18(17-15)13-9-5-2-6-10-13/h1-11,14,17H,16H2. The minimum Gasteiger partial charge on any atom is -0.384 e. The molecule has 0 spiro atoms. The number of nitrogens with zero attached hydrogens (tertiary/aromatic N) is 1. The molecule has 2 aromatic carbocycles. The van der Waals surface area contributed by atoms with Crippen molar-refractivity contribution in [2.45, 2.75) is 6.04 Å². The number of anilines is 1. The van der Waals surface area contributed by atoms with E-state index in [0.29, 0.717) is 5.82 Å². The fourth-order valence-corrected chi connectivity index (χ4v) is 2.20. The molecule has 2 aromatic rings. The van der Waals surface area contributed by atoms with Gasteiger partial charge in [0.2, 0.25) is 0 Å². The number of hydrogen-bond acceptors (Lipinski definition) is 3. The number of nitrogens with two attached hydrogens (primary N) is 1. The lowest BCUT2D eigenvalue weighted by atomic mass is 10.1. The van der Waals surface area contributed by atoms with Gasteiger partial charge in [0.1, 0.15) is 5.82 Å². The average Bonchev–Trinajstić information content (AvgIpc) is 2.83. The summed E-state index contributed by atoms with van der Waals surface area (Å²) in [5, 5.41) is 2.07. The van der Waals surface area contributed by atoms with Crippen LogP contribution in [0, 0.1) is 0 Å². The normalized spacial score (nSPS) is 18.3. The lowest BCUT2D eigenvalue weighted by molar-refractivity contribution is 0.701. The van der Waals surface area contributed by atoms with Crippen LogP contribution in [0.5, 0.6) is 0 Å². The molecule has 1 aliphatic rings. The first-order valence-electron chi connectivity index (χ1n) is 5.98. The minimum atomic E-state index is 0.133. The molecule has 0 aromatic heterocycles. The van der Waals surface area contributed by atoms with Gasteiger partial charge in [-0.2, -0.15) is 0 Å². The van der Waals surface area contributed by atoms with Crippen LogP contribution in [0.25, 0.3) is 0 Å². The van der Waals surface area contributed by atoms with Crippen LogP contribution >= 0.6 is 0 Å². The fraction of sp³-hybridized carbons (Fsp3) is 0.0667. The monoisotopic (exact) mass is 237 g/mol. The summed E-state index contributed by atoms with van der Waals surface area (Å²) in [6.07, 6.45) is 2.03. The van der Waals surface area contributed by atoms with Gasteiger partial charge in [0.25, 0.3) is 0 Å². The molecule has 0 saturated carbocycles. The molecule has 0 amide bonds. The third kappa shape index (κ3) is 1.91. The zero-order valence-electron chi connectivity index (χ0n) is 9.95. The number of nitrogens with one attached hydrogen (secondary N) is 1. The summed E-state index contributed by atoms with van der Waals surface area (Å²) in [5.74, 6) is 0.688. The second kappa shape index (κ2) is 4.45. The van der Waals surface area contributed by atoms with Gasteiger partial charge in [-0.1, -0.05) is 48.5 Å². The van der Waals surface area contributed by atoms with Gasteiger partial charge < -0.3 is 5.73 Å². The predicted octanol–water partition coefficient (Wildman–Crippen LogP) is 2.55. The first-order chi connectivity index (χ1) is 8.84. The van der Waals surface area contributed by atoms with Crippen molar-refractivity contribution in [3.05, 3.63) is 78.1 Å². The van der Waals surface area contributed by atoms with Crippen molar-refractivity contribution >= 4 is 5.69 Å². The van der Waals surface area contributed by atoms with Crippen LogP contribution in [0.1, 0.15) is 11.6 Å². The maximum atomic E-state index is 5.90. The van der Waals surface area contributed by atoms with Crippen LogP contribution in [0.4, 0.5) is 5.69 Å². The van der Waals surface area contributed by atoms with Crippen LogP contribution in [-0.4, -0.2) is 0 Å². The van der Waals surface area contributed by atoms with Crippen molar-refractivity contribution in [3.63, 3.8) is 0 Å². The molecule has 1 aliphatic heterocycles. The second-order valence-corrected chi connectivity index (χ2v) is 4.29. The molecular formula is C15H15N3. The number of hydrazine groups is 1. The Kier molecular flexibility index (Phi) is 2.65. The quantitative estimate of drug-likeness (QED) is 0.843. The summed E-state index contributed by atoms with van der Waals surface area (Å²) in [7, 11) is 0. The van der Waals surface area contributed by atoms with E-state index in [4.69, 9.17) is 5.73 Å². The van der Waals surface area contributed by atoms with Crippen molar-refractivity contribution in [2.75, 3.05) is 5.01 Å². The van der Waals surface area contributed by atoms with Crippen LogP contribution in [-0.2, 0) is 0 Å². The zero-order valence-corrected chi connectivity index (χ0v) is 9.95. The fourth-order valence-electron chi connectivity index (χ4n) is 2.20. The van der Waals surface area contributed by atoms with Crippen molar-refractivity contribution in [2.24, 2.45) is 5.73 Å². The Bertz CT molecular complexity index is 548. The van der Waals surface area contributed by atoms with Crippen molar-refractivity contribution in [3.8, 4) is 0 Å². The van der Waals surface area contributed by atoms with E-state index in [0.717, 1.165) is 5.69 Å². The summed E-state index contributed by atoms with van der Waals surface area (Å²) in [4.78, 5) is 0. The zero-order chi connectivity index (χ0) is 12.4. The minimum absolute atomic E-state index is 0.133. The highest BCUT2D eigenvalue weighted by molar-refractivity contribution is 5.51. The molecule has 3 rings (SSSR count). The van der Waals surface area contributed by atoms with E-state index in [9.17, 15) is 0 Å². The Morgan fingerprint density at radius 2 is 1.50 bits per heavy atom. The first kappa shape index (κ1) is 10.7. The van der Waals surface area contributed by atoms with Gasteiger partial charge in [-0.15, -0.1) is 0 Å². The Hall–Kier alpha value is -2.42. The van der Waals surface area contributed by atoms with Crippen LogP contribution in [0.15, 0.2) is 72.6 Å². The van der Waals surface area contributed by atoms with Crippen molar-refractivity contribution in [1.82, 2.24) is 5.43 Å². The molecule has 1 atom stereocenters. The Morgan fingerprint density at radius 3 is 2.17 bits per heavy atom. The summed E-state index contributed by atoms with van der Waals surface area (Å²) in [6, 6.07) is 20.6. The summed E-state index contributed by atoms with van der Waals surface area (Å²) < 4.78 is 0. The molecule has 18 heavy (non-hydrogen) atoms. The van der Waals surface area contributed by atoms with Crippen LogP contribution < -0.4 is 16.2 Å². The predicted molar refractivity (Wildman–Crippen MR) is 73.5 cm³/mol. The highest BCUT2D eigenvalue weighted by Crippen LogP contribution is 2.30.